The van der Waals surface area contributed by atoms with Gasteiger partial charge < -0.3 is 9.47 Å². The molecule has 0 N–H and O–H groups in total. The van der Waals surface area contributed by atoms with Crippen molar-refractivity contribution < 1.29 is 14.3 Å². The highest BCUT2D eigenvalue weighted by molar-refractivity contribution is 8.00. The van der Waals surface area contributed by atoms with Crippen LogP contribution in [-0.2, 0) is 23.2 Å². The van der Waals surface area contributed by atoms with Gasteiger partial charge in [-0.05, 0) is 25.1 Å². The minimum absolute atomic E-state index is 0.161. The van der Waals surface area contributed by atoms with Gasteiger partial charge >= 0.3 is 5.97 Å². The number of benzene rings is 1. The molecule has 164 valence electrons. The number of hydrogen-bond donors (Lipinski definition) is 0. The van der Waals surface area contributed by atoms with Crippen LogP contribution in [0.3, 0.4) is 0 Å². The third kappa shape index (κ3) is 4.56. The van der Waals surface area contributed by atoms with E-state index in [1.54, 1.807) is 18.6 Å². The first-order valence-electron chi connectivity index (χ1n) is 9.81. The molecular formula is C23H21ClN4O3S. The number of carbonyl (C=O) groups excluding carboxylic acids is 1. The Balaban J connectivity index is 1.68. The lowest BCUT2D eigenvalue weighted by Crippen LogP contribution is -2.05. The Morgan fingerprint density at radius 2 is 2.09 bits per heavy atom. The molecule has 3 heterocycles. The van der Waals surface area contributed by atoms with Crippen molar-refractivity contribution in [1.82, 2.24) is 19.7 Å². The Labute approximate surface area is 194 Å². The summed E-state index contributed by atoms with van der Waals surface area (Å²) in [5, 5.41) is 5.73. The number of pyridine rings is 2. The van der Waals surface area contributed by atoms with Crippen molar-refractivity contribution in [2.75, 3.05) is 12.9 Å². The molecule has 0 aliphatic heterocycles. The van der Waals surface area contributed by atoms with Gasteiger partial charge in [-0.15, -0.1) is 11.8 Å². The summed E-state index contributed by atoms with van der Waals surface area (Å²) >= 11 is 7.71. The van der Waals surface area contributed by atoms with Gasteiger partial charge in [-0.1, -0.05) is 23.7 Å². The normalized spacial score (nSPS) is 11.0. The highest BCUT2D eigenvalue weighted by Crippen LogP contribution is 2.34. The maximum absolute atomic E-state index is 11.6. The maximum atomic E-state index is 11.6. The molecule has 0 aliphatic rings. The molecule has 7 nitrogen and oxygen atoms in total. The number of para-hydroxylation sites is 1. The second-order valence-electron chi connectivity index (χ2n) is 7.06. The Morgan fingerprint density at radius 1 is 1.25 bits per heavy atom. The average molecular weight is 469 g/mol. The molecule has 0 fully saturated rings. The van der Waals surface area contributed by atoms with Gasteiger partial charge in [0.1, 0.15) is 17.9 Å². The fourth-order valence-electron chi connectivity index (χ4n) is 3.37. The zero-order valence-corrected chi connectivity index (χ0v) is 19.4. The van der Waals surface area contributed by atoms with E-state index in [0.29, 0.717) is 10.8 Å². The van der Waals surface area contributed by atoms with Crippen molar-refractivity contribution in [2.24, 2.45) is 7.05 Å². The molecule has 0 bridgehead atoms. The molecule has 0 atom stereocenters. The van der Waals surface area contributed by atoms with Gasteiger partial charge in [0.2, 0.25) is 0 Å². The fourth-order valence-corrected chi connectivity index (χ4v) is 4.51. The second kappa shape index (κ2) is 9.58. The highest BCUT2D eigenvalue weighted by atomic mass is 35.5. The Bertz CT molecular complexity index is 1290. The minimum Gasteiger partial charge on any atom is -0.487 e. The summed E-state index contributed by atoms with van der Waals surface area (Å²) in [5.41, 5.74) is 4.43. The van der Waals surface area contributed by atoms with Crippen molar-refractivity contribution in [3.63, 3.8) is 0 Å². The highest BCUT2D eigenvalue weighted by Gasteiger charge is 2.15. The lowest BCUT2D eigenvalue weighted by Gasteiger charge is -2.15. The van der Waals surface area contributed by atoms with Crippen LogP contribution in [0, 0.1) is 6.92 Å². The first-order valence-corrected chi connectivity index (χ1v) is 11.2. The smallest absolute Gasteiger partial charge is 0.315 e. The molecule has 0 unspecified atom stereocenters. The number of rotatable bonds is 7. The van der Waals surface area contributed by atoms with E-state index in [1.807, 2.05) is 49.0 Å². The molecular weight excluding hydrogens is 448 g/mol. The van der Waals surface area contributed by atoms with E-state index < -0.39 is 0 Å². The zero-order valence-electron chi connectivity index (χ0n) is 17.8. The molecule has 4 aromatic rings. The molecule has 4 rings (SSSR count). The maximum Gasteiger partial charge on any atom is 0.315 e. The molecule has 0 saturated carbocycles. The van der Waals surface area contributed by atoms with Crippen LogP contribution in [-0.4, -0.2) is 38.6 Å². The van der Waals surface area contributed by atoms with E-state index in [-0.39, 0.29) is 18.3 Å². The van der Waals surface area contributed by atoms with E-state index in [0.717, 1.165) is 38.3 Å². The molecule has 0 aliphatic carbocycles. The Kier molecular flexibility index (Phi) is 6.62. The summed E-state index contributed by atoms with van der Waals surface area (Å²) in [4.78, 5) is 21.2. The van der Waals surface area contributed by atoms with Crippen LogP contribution in [0.5, 0.6) is 5.75 Å². The number of fused-ring (bicyclic) bond motifs is 1. The molecule has 3 aromatic heterocycles. The summed E-state index contributed by atoms with van der Waals surface area (Å²) in [6.45, 7) is 2.16. The number of aromatic nitrogens is 4. The van der Waals surface area contributed by atoms with Crippen LogP contribution in [0.2, 0.25) is 5.02 Å². The third-order valence-corrected chi connectivity index (χ3v) is 6.31. The first kappa shape index (κ1) is 22.1. The predicted molar refractivity (Wildman–Crippen MR) is 125 cm³/mol. The van der Waals surface area contributed by atoms with Gasteiger partial charge in [0.05, 0.1) is 23.6 Å². The summed E-state index contributed by atoms with van der Waals surface area (Å²) in [6.07, 6.45) is 5.01. The molecule has 1 aromatic carbocycles. The number of esters is 1. The zero-order chi connectivity index (χ0) is 22.7. The number of nitrogens with zero attached hydrogens (tertiary/aromatic N) is 4. The van der Waals surface area contributed by atoms with Gasteiger partial charge in [0, 0.05) is 52.7 Å². The average Bonchev–Trinajstić information content (AvgIpc) is 3.22. The summed E-state index contributed by atoms with van der Waals surface area (Å²) in [7, 11) is 3.27. The third-order valence-electron chi connectivity index (χ3n) is 4.94. The molecule has 0 amide bonds. The number of thioether (sulfide) groups is 1. The number of carbonyl (C=O) groups is 1. The van der Waals surface area contributed by atoms with E-state index in [1.165, 1.54) is 18.9 Å². The minimum atomic E-state index is -0.321. The largest absolute Gasteiger partial charge is 0.487 e. The van der Waals surface area contributed by atoms with Crippen LogP contribution in [0.15, 0.2) is 53.8 Å². The molecule has 0 saturated heterocycles. The SMILES string of the molecule is COC(=O)CSc1cncc(Cl)c1COc1cccc2c(-c3ccnn3C)cc(C)nc12. The van der Waals surface area contributed by atoms with Crippen LogP contribution in [0.4, 0.5) is 0 Å². The number of ether oxygens (including phenoxy) is 2. The lowest BCUT2D eigenvalue weighted by atomic mass is 10.0. The van der Waals surface area contributed by atoms with Gasteiger partial charge in [-0.2, -0.15) is 5.10 Å². The molecule has 0 radical (unpaired) electrons. The fraction of sp³-hybridized carbons (Fsp3) is 0.217. The van der Waals surface area contributed by atoms with E-state index >= 15 is 0 Å². The monoisotopic (exact) mass is 468 g/mol. The first-order chi connectivity index (χ1) is 15.5. The van der Waals surface area contributed by atoms with Gasteiger partial charge in [0.25, 0.3) is 0 Å². The van der Waals surface area contributed by atoms with E-state index in [9.17, 15) is 4.79 Å². The second-order valence-corrected chi connectivity index (χ2v) is 8.48. The number of halogens is 1. The van der Waals surface area contributed by atoms with E-state index in [2.05, 4.69) is 10.1 Å². The predicted octanol–water partition coefficient (Wildman–Crippen LogP) is 4.84. The van der Waals surface area contributed by atoms with Crippen LogP contribution in [0.25, 0.3) is 22.2 Å². The topological polar surface area (TPSA) is 79.1 Å². The summed E-state index contributed by atoms with van der Waals surface area (Å²) < 4.78 is 12.7. The van der Waals surface area contributed by atoms with Gasteiger partial charge in [-0.3, -0.25) is 14.5 Å². The van der Waals surface area contributed by atoms with Crippen LogP contribution < -0.4 is 4.74 Å². The van der Waals surface area contributed by atoms with Crippen molar-refractivity contribution in [3.8, 4) is 17.0 Å². The van der Waals surface area contributed by atoms with Crippen LogP contribution in [0.1, 0.15) is 11.3 Å². The number of hydrogen-bond acceptors (Lipinski definition) is 7. The lowest BCUT2D eigenvalue weighted by molar-refractivity contribution is -0.137. The number of methoxy groups -OCH3 is 1. The molecule has 9 heteroatoms. The summed E-state index contributed by atoms with van der Waals surface area (Å²) in [6, 6.07) is 9.87. The van der Waals surface area contributed by atoms with Gasteiger partial charge in [-0.25, -0.2) is 4.98 Å². The Hall–Kier alpha value is -3.10. The van der Waals surface area contributed by atoms with Crippen molar-refractivity contribution in [2.45, 2.75) is 18.4 Å². The standard InChI is InChI=1S/C23H21ClN4O3S/c1-14-9-16(19-7-8-26-28(19)2)15-5-4-6-20(23(15)27-14)31-12-17-18(24)10-25-11-21(17)32-13-22(29)30-3/h4-11H,12-13H2,1-3H3. The van der Waals surface area contributed by atoms with Crippen LogP contribution >= 0.6 is 23.4 Å². The molecule has 0 spiro atoms. The van der Waals surface area contributed by atoms with Crippen molar-refractivity contribution >= 4 is 40.2 Å². The summed E-state index contributed by atoms with van der Waals surface area (Å²) in [5.74, 6) is 0.485. The number of aryl methyl sites for hydroxylation is 2. The van der Waals surface area contributed by atoms with Crippen molar-refractivity contribution in [3.05, 3.63) is 65.2 Å². The van der Waals surface area contributed by atoms with E-state index in [4.69, 9.17) is 26.1 Å². The Morgan fingerprint density at radius 3 is 2.84 bits per heavy atom. The molecule has 32 heavy (non-hydrogen) atoms. The van der Waals surface area contributed by atoms with Crippen molar-refractivity contribution in [1.29, 1.82) is 0 Å². The quantitative estimate of drug-likeness (QED) is 0.283. The van der Waals surface area contributed by atoms with Gasteiger partial charge in [0.15, 0.2) is 0 Å².